The van der Waals surface area contributed by atoms with Crippen molar-refractivity contribution in [2.75, 3.05) is 13.1 Å². The molecule has 1 aromatic heterocycles. The first-order chi connectivity index (χ1) is 11.4. The molecule has 134 valence electrons. The highest BCUT2D eigenvalue weighted by Gasteiger charge is 2.26. The van der Waals surface area contributed by atoms with Crippen LogP contribution in [-0.4, -0.2) is 44.8 Å². The molecule has 1 saturated heterocycles. The Hall–Kier alpha value is -1.85. The highest BCUT2D eigenvalue weighted by atomic mass is 16.4. The van der Waals surface area contributed by atoms with Crippen LogP contribution in [-0.2, 0) is 11.3 Å². The van der Waals surface area contributed by atoms with Crippen LogP contribution in [0.1, 0.15) is 62.0 Å². The molecule has 24 heavy (non-hydrogen) atoms. The second-order valence-electron chi connectivity index (χ2n) is 7.24. The lowest BCUT2D eigenvalue weighted by molar-refractivity contribution is -0.137. The van der Waals surface area contributed by atoms with Gasteiger partial charge >= 0.3 is 5.97 Å². The summed E-state index contributed by atoms with van der Waals surface area (Å²) in [5.74, 6) is 0.156. The third-order valence-corrected chi connectivity index (χ3v) is 4.82. The minimum Gasteiger partial charge on any atom is -0.481 e. The number of carbonyl (C=O) groups is 2. The van der Waals surface area contributed by atoms with E-state index in [9.17, 15) is 9.59 Å². The fourth-order valence-corrected chi connectivity index (χ4v) is 3.25. The van der Waals surface area contributed by atoms with Gasteiger partial charge in [0.25, 0.3) is 5.91 Å². The number of carboxylic acid groups (broad SMARTS) is 1. The average molecular weight is 335 g/mol. The van der Waals surface area contributed by atoms with Crippen molar-refractivity contribution in [3.8, 4) is 0 Å². The van der Waals surface area contributed by atoms with Gasteiger partial charge in [-0.1, -0.05) is 13.8 Å². The molecule has 0 spiro atoms. The molecule has 0 saturated carbocycles. The fourth-order valence-electron chi connectivity index (χ4n) is 3.25. The molecule has 1 aliphatic heterocycles. The number of hydrogen-bond acceptors (Lipinski definition) is 3. The van der Waals surface area contributed by atoms with Gasteiger partial charge in [-0.05, 0) is 44.4 Å². The quantitative estimate of drug-likeness (QED) is 0.831. The summed E-state index contributed by atoms with van der Waals surface area (Å²) in [6.07, 6.45) is 5.49. The van der Waals surface area contributed by atoms with Gasteiger partial charge in [0.15, 0.2) is 0 Å². The lowest BCUT2D eigenvalue weighted by Crippen LogP contribution is -2.40. The van der Waals surface area contributed by atoms with Crippen molar-refractivity contribution < 1.29 is 14.7 Å². The fraction of sp³-hybridized carbons (Fsp3) is 0.722. The minimum absolute atomic E-state index is 0.0309. The number of nitrogens with zero attached hydrogens (tertiary/aromatic N) is 3. The molecular formula is C18H29N3O3. The third-order valence-electron chi connectivity index (χ3n) is 4.82. The second-order valence-corrected chi connectivity index (χ2v) is 7.24. The number of aryl methyl sites for hydroxylation is 1. The molecule has 2 rings (SSSR count). The molecule has 1 N–H and O–H groups in total. The van der Waals surface area contributed by atoms with Crippen molar-refractivity contribution in [2.24, 2.45) is 11.8 Å². The maximum Gasteiger partial charge on any atom is 0.303 e. The molecule has 1 aliphatic rings. The molecule has 1 amide bonds. The van der Waals surface area contributed by atoms with Crippen LogP contribution in [0.3, 0.4) is 0 Å². The molecular weight excluding hydrogens is 306 g/mol. The molecule has 2 heterocycles. The van der Waals surface area contributed by atoms with E-state index in [4.69, 9.17) is 5.11 Å². The Labute approximate surface area is 143 Å². The average Bonchev–Trinajstić information content (AvgIpc) is 2.91. The first kappa shape index (κ1) is 18.5. The van der Waals surface area contributed by atoms with E-state index in [1.807, 2.05) is 16.5 Å². The Morgan fingerprint density at radius 3 is 2.83 bits per heavy atom. The van der Waals surface area contributed by atoms with E-state index in [1.54, 1.807) is 6.20 Å². The van der Waals surface area contributed by atoms with E-state index in [0.717, 1.165) is 38.0 Å². The molecule has 1 unspecified atom stereocenters. The zero-order valence-corrected chi connectivity index (χ0v) is 15.0. The molecule has 1 fully saturated rings. The van der Waals surface area contributed by atoms with E-state index < -0.39 is 5.97 Å². The van der Waals surface area contributed by atoms with E-state index in [2.05, 4.69) is 18.9 Å². The van der Waals surface area contributed by atoms with Gasteiger partial charge in [-0.2, -0.15) is 5.10 Å². The lowest BCUT2D eigenvalue weighted by atomic mass is 9.93. The molecule has 0 aromatic carbocycles. The van der Waals surface area contributed by atoms with Gasteiger partial charge in [0.1, 0.15) is 0 Å². The van der Waals surface area contributed by atoms with Gasteiger partial charge < -0.3 is 10.0 Å². The highest BCUT2D eigenvalue weighted by Crippen LogP contribution is 2.23. The zero-order valence-electron chi connectivity index (χ0n) is 15.0. The highest BCUT2D eigenvalue weighted by molar-refractivity contribution is 5.95. The summed E-state index contributed by atoms with van der Waals surface area (Å²) in [7, 11) is 0. The number of amides is 1. The van der Waals surface area contributed by atoms with Crippen LogP contribution in [0.2, 0.25) is 0 Å². The monoisotopic (exact) mass is 335 g/mol. The number of piperidine rings is 1. The molecule has 0 aliphatic carbocycles. The predicted molar refractivity (Wildman–Crippen MR) is 91.9 cm³/mol. The number of carbonyl (C=O) groups excluding carboxylic acids is 1. The number of rotatable bonds is 7. The molecule has 1 aromatic rings. The number of aromatic nitrogens is 2. The van der Waals surface area contributed by atoms with Gasteiger partial charge in [-0.15, -0.1) is 0 Å². The summed E-state index contributed by atoms with van der Waals surface area (Å²) in [4.78, 5) is 25.4. The Bertz CT molecular complexity index is 580. The van der Waals surface area contributed by atoms with E-state index in [1.165, 1.54) is 0 Å². The van der Waals surface area contributed by atoms with Crippen LogP contribution in [0, 0.1) is 18.8 Å². The molecule has 1 atom stereocenters. The minimum atomic E-state index is -0.763. The smallest absolute Gasteiger partial charge is 0.303 e. The van der Waals surface area contributed by atoms with Crippen molar-refractivity contribution in [2.45, 2.75) is 59.4 Å². The Morgan fingerprint density at radius 2 is 2.17 bits per heavy atom. The van der Waals surface area contributed by atoms with E-state index >= 15 is 0 Å². The SMILES string of the molecule is Cc1c(C(=O)N2CCCC(CCC(=O)O)C2)cnn1CCC(C)C. The van der Waals surface area contributed by atoms with Crippen LogP contribution in [0.15, 0.2) is 6.20 Å². The summed E-state index contributed by atoms with van der Waals surface area (Å²) in [6, 6.07) is 0. The summed E-state index contributed by atoms with van der Waals surface area (Å²) in [5, 5.41) is 13.2. The zero-order chi connectivity index (χ0) is 17.7. The Kier molecular flexibility index (Phi) is 6.40. The van der Waals surface area contributed by atoms with Crippen LogP contribution in [0.5, 0.6) is 0 Å². The van der Waals surface area contributed by atoms with E-state index in [0.29, 0.717) is 24.4 Å². The first-order valence-corrected chi connectivity index (χ1v) is 8.92. The maximum absolute atomic E-state index is 12.8. The second kappa shape index (κ2) is 8.31. The van der Waals surface area contributed by atoms with Gasteiger partial charge in [-0.3, -0.25) is 14.3 Å². The molecule has 0 radical (unpaired) electrons. The van der Waals surface area contributed by atoms with Crippen molar-refractivity contribution in [3.63, 3.8) is 0 Å². The number of carboxylic acids is 1. The Morgan fingerprint density at radius 1 is 1.42 bits per heavy atom. The van der Waals surface area contributed by atoms with Gasteiger partial charge in [0.2, 0.25) is 0 Å². The number of hydrogen-bond donors (Lipinski definition) is 1. The third kappa shape index (κ3) is 4.82. The largest absolute Gasteiger partial charge is 0.481 e. The maximum atomic E-state index is 12.8. The number of aliphatic carboxylic acids is 1. The van der Waals surface area contributed by atoms with Crippen LogP contribution in [0.4, 0.5) is 0 Å². The summed E-state index contributed by atoms with van der Waals surface area (Å²) in [6.45, 7) is 8.54. The van der Waals surface area contributed by atoms with Crippen LogP contribution in [0.25, 0.3) is 0 Å². The molecule has 0 bridgehead atoms. The topological polar surface area (TPSA) is 75.4 Å². The van der Waals surface area contributed by atoms with Crippen molar-refractivity contribution >= 4 is 11.9 Å². The normalized spacial score (nSPS) is 18.2. The predicted octanol–water partition coefficient (Wildman–Crippen LogP) is 2.95. The van der Waals surface area contributed by atoms with Crippen LogP contribution >= 0.6 is 0 Å². The van der Waals surface area contributed by atoms with Crippen molar-refractivity contribution in [1.82, 2.24) is 14.7 Å². The standard InChI is InChI=1S/C18H29N3O3/c1-13(2)8-10-21-14(3)16(11-19-21)18(24)20-9-4-5-15(12-20)6-7-17(22)23/h11,13,15H,4-10,12H2,1-3H3,(H,22,23). The summed E-state index contributed by atoms with van der Waals surface area (Å²) < 4.78 is 1.92. The lowest BCUT2D eigenvalue weighted by Gasteiger charge is -2.32. The number of likely N-dealkylation sites (tertiary alicyclic amines) is 1. The van der Waals surface area contributed by atoms with E-state index in [-0.39, 0.29) is 18.2 Å². The summed E-state index contributed by atoms with van der Waals surface area (Å²) >= 11 is 0. The van der Waals surface area contributed by atoms with Crippen molar-refractivity contribution in [3.05, 3.63) is 17.5 Å². The Balaban J connectivity index is 1.99. The van der Waals surface area contributed by atoms with Gasteiger partial charge in [0, 0.05) is 31.7 Å². The first-order valence-electron chi connectivity index (χ1n) is 8.92. The van der Waals surface area contributed by atoms with Gasteiger partial charge in [0.05, 0.1) is 11.8 Å². The van der Waals surface area contributed by atoms with Crippen molar-refractivity contribution in [1.29, 1.82) is 0 Å². The van der Waals surface area contributed by atoms with Gasteiger partial charge in [-0.25, -0.2) is 0 Å². The van der Waals surface area contributed by atoms with Crippen LogP contribution < -0.4 is 0 Å². The molecule has 6 nitrogen and oxygen atoms in total. The summed E-state index contributed by atoms with van der Waals surface area (Å²) in [5.41, 5.74) is 1.60. The molecule has 6 heteroatoms.